The SMILES string of the molecule is Cc1ccc(C(=O)N2CCNCC2c2cccnc2)o1.Cl. The van der Waals surface area contributed by atoms with Crippen LogP contribution in [0.4, 0.5) is 0 Å². The Labute approximate surface area is 129 Å². The van der Waals surface area contributed by atoms with Crippen LogP contribution in [0.1, 0.15) is 27.9 Å². The molecule has 0 saturated carbocycles. The monoisotopic (exact) mass is 307 g/mol. The maximum atomic E-state index is 12.6. The number of furan rings is 1. The van der Waals surface area contributed by atoms with Gasteiger partial charge < -0.3 is 14.6 Å². The third kappa shape index (κ3) is 3.25. The van der Waals surface area contributed by atoms with Crippen molar-refractivity contribution in [3.63, 3.8) is 0 Å². The van der Waals surface area contributed by atoms with Crippen molar-refractivity contribution in [1.29, 1.82) is 0 Å². The smallest absolute Gasteiger partial charge is 0.290 e. The van der Waals surface area contributed by atoms with Crippen molar-refractivity contribution in [2.24, 2.45) is 0 Å². The summed E-state index contributed by atoms with van der Waals surface area (Å²) in [5.74, 6) is 1.09. The first-order valence-corrected chi connectivity index (χ1v) is 6.74. The normalized spacial score (nSPS) is 18.1. The van der Waals surface area contributed by atoms with E-state index < -0.39 is 0 Å². The summed E-state index contributed by atoms with van der Waals surface area (Å²) >= 11 is 0. The molecule has 0 aromatic carbocycles. The molecule has 1 saturated heterocycles. The highest BCUT2D eigenvalue weighted by molar-refractivity contribution is 5.92. The molecule has 0 radical (unpaired) electrons. The molecule has 2 aromatic rings. The maximum absolute atomic E-state index is 12.6. The fourth-order valence-electron chi connectivity index (χ4n) is 2.51. The molecule has 21 heavy (non-hydrogen) atoms. The van der Waals surface area contributed by atoms with Crippen LogP contribution in [0.15, 0.2) is 41.1 Å². The lowest BCUT2D eigenvalue weighted by Gasteiger charge is -2.35. The van der Waals surface area contributed by atoms with E-state index in [1.165, 1.54) is 0 Å². The van der Waals surface area contributed by atoms with Crippen molar-refractivity contribution in [3.8, 4) is 0 Å². The fourth-order valence-corrected chi connectivity index (χ4v) is 2.51. The first-order valence-electron chi connectivity index (χ1n) is 6.74. The van der Waals surface area contributed by atoms with Crippen molar-refractivity contribution < 1.29 is 9.21 Å². The number of carbonyl (C=O) groups excluding carboxylic acids is 1. The molecule has 3 heterocycles. The van der Waals surface area contributed by atoms with E-state index in [1.54, 1.807) is 12.3 Å². The molecule has 3 rings (SSSR count). The first kappa shape index (κ1) is 15.5. The zero-order valence-corrected chi connectivity index (χ0v) is 12.6. The first-order chi connectivity index (χ1) is 9.75. The summed E-state index contributed by atoms with van der Waals surface area (Å²) in [5, 5.41) is 3.32. The number of aromatic nitrogens is 1. The summed E-state index contributed by atoms with van der Waals surface area (Å²) < 4.78 is 5.46. The number of piperazine rings is 1. The quantitative estimate of drug-likeness (QED) is 0.924. The van der Waals surface area contributed by atoms with Crippen LogP contribution < -0.4 is 5.32 Å². The van der Waals surface area contributed by atoms with Gasteiger partial charge in [-0.2, -0.15) is 0 Å². The van der Waals surface area contributed by atoms with Gasteiger partial charge in [-0.1, -0.05) is 6.07 Å². The Kier molecular flexibility index (Phi) is 4.98. The van der Waals surface area contributed by atoms with E-state index in [4.69, 9.17) is 4.42 Å². The molecule has 1 amide bonds. The molecule has 0 bridgehead atoms. The molecule has 1 N–H and O–H groups in total. The van der Waals surface area contributed by atoms with Gasteiger partial charge in [-0.15, -0.1) is 12.4 Å². The number of nitrogens with one attached hydrogen (secondary N) is 1. The van der Waals surface area contributed by atoms with Crippen molar-refractivity contribution in [1.82, 2.24) is 15.2 Å². The second-order valence-electron chi connectivity index (χ2n) is 4.92. The average Bonchev–Trinajstić information content (AvgIpc) is 2.94. The van der Waals surface area contributed by atoms with Crippen LogP contribution in [0.5, 0.6) is 0 Å². The van der Waals surface area contributed by atoms with Crippen molar-refractivity contribution >= 4 is 18.3 Å². The highest BCUT2D eigenvalue weighted by atomic mass is 35.5. The summed E-state index contributed by atoms with van der Waals surface area (Å²) in [5.41, 5.74) is 1.04. The summed E-state index contributed by atoms with van der Waals surface area (Å²) in [6.45, 7) is 4.03. The number of nitrogens with zero attached hydrogens (tertiary/aromatic N) is 2. The van der Waals surface area contributed by atoms with Gasteiger partial charge in [0.1, 0.15) is 5.76 Å². The Morgan fingerprint density at radius 2 is 2.29 bits per heavy atom. The van der Waals surface area contributed by atoms with E-state index in [2.05, 4.69) is 10.3 Å². The van der Waals surface area contributed by atoms with Gasteiger partial charge in [-0.3, -0.25) is 9.78 Å². The zero-order valence-electron chi connectivity index (χ0n) is 11.8. The maximum Gasteiger partial charge on any atom is 0.290 e. The lowest BCUT2D eigenvalue weighted by atomic mass is 10.1. The molecule has 0 aliphatic carbocycles. The van der Waals surface area contributed by atoms with Crippen LogP contribution in [0.25, 0.3) is 0 Å². The average molecular weight is 308 g/mol. The summed E-state index contributed by atoms with van der Waals surface area (Å²) in [6.07, 6.45) is 3.55. The third-order valence-electron chi connectivity index (χ3n) is 3.52. The van der Waals surface area contributed by atoms with Crippen molar-refractivity contribution in [3.05, 3.63) is 53.7 Å². The molecule has 6 heteroatoms. The fraction of sp³-hybridized carbons (Fsp3) is 0.333. The molecule has 2 aromatic heterocycles. The van der Waals surface area contributed by atoms with Crippen LogP contribution in [0.2, 0.25) is 0 Å². The Balaban J connectivity index is 0.00000161. The predicted octanol–water partition coefficient (Wildman–Crippen LogP) is 2.19. The van der Waals surface area contributed by atoms with Crippen molar-refractivity contribution in [2.45, 2.75) is 13.0 Å². The van der Waals surface area contributed by atoms with E-state index >= 15 is 0 Å². The Morgan fingerprint density at radius 1 is 1.43 bits per heavy atom. The highest BCUT2D eigenvalue weighted by Crippen LogP contribution is 2.24. The number of carbonyl (C=O) groups is 1. The Bertz CT molecular complexity index is 600. The topological polar surface area (TPSA) is 58.4 Å². The van der Waals surface area contributed by atoms with E-state index in [0.29, 0.717) is 12.3 Å². The number of hydrogen-bond acceptors (Lipinski definition) is 4. The van der Waals surface area contributed by atoms with Gasteiger partial charge in [0.25, 0.3) is 5.91 Å². The minimum absolute atomic E-state index is 0. The van der Waals surface area contributed by atoms with E-state index in [9.17, 15) is 4.79 Å². The minimum atomic E-state index is -0.0616. The molecule has 1 unspecified atom stereocenters. The number of hydrogen-bond donors (Lipinski definition) is 1. The van der Waals surface area contributed by atoms with Gasteiger partial charge in [0.2, 0.25) is 0 Å². The van der Waals surface area contributed by atoms with Crippen LogP contribution in [-0.2, 0) is 0 Å². The third-order valence-corrected chi connectivity index (χ3v) is 3.52. The number of pyridine rings is 1. The van der Waals surface area contributed by atoms with Gasteiger partial charge in [0.05, 0.1) is 6.04 Å². The Hall–Kier alpha value is -1.85. The summed E-state index contributed by atoms with van der Waals surface area (Å²) in [6, 6.07) is 7.44. The number of halogens is 1. The van der Waals surface area contributed by atoms with Crippen LogP contribution in [-0.4, -0.2) is 35.4 Å². The van der Waals surface area contributed by atoms with E-state index in [0.717, 1.165) is 24.4 Å². The second-order valence-corrected chi connectivity index (χ2v) is 4.92. The van der Waals surface area contributed by atoms with Crippen LogP contribution >= 0.6 is 12.4 Å². The second kappa shape index (κ2) is 6.74. The predicted molar refractivity (Wildman–Crippen MR) is 81.6 cm³/mol. The van der Waals surface area contributed by atoms with Gasteiger partial charge in [0.15, 0.2) is 5.76 Å². The molecule has 1 atom stereocenters. The minimum Gasteiger partial charge on any atom is -0.456 e. The molecule has 5 nitrogen and oxygen atoms in total. The molecular weight excluding hydrogens is 290 g/mol. The lowest BCUT2D eigenvalue weighted by Crippen LogP contribution is -2.48. The summed E-state index contributed by atoms with van der Waals surface area (Å²) in [7, 11) is 0. The number of amides is 1. The molecule has 1 aliphatic rings. The number of aryl methyl sites for hydroxylation is 1. The molecule has 1 aliphatic heterocycles. The van der Waals surface area contributed by atoms with E-state index in [-0.39, 0.29) is 24.4 Å². The lowest BCUT2D eigenvalue weighted by molar-refractivity contribution is 0.0600. The molecule has 112 valence electrons. The molecule has 1 fully saturated rings. The van der Waals surface area contributed by atoms with Crippen LogP contribution in [0, 0.1) is 6.92 Å². The molecule has 0 spiro atoms. The summed E-state index contributed by atoms with van der Waals surface area (Å²) in [4.78, 5) is 18.6. The zero-order chi connectivity index (χ0) is 13.9. The van der Waals surface area contributed by atoms with E-state index in [1.807, 2.05) is 36.2 Å². The van der Waals surface area contributed by atoms with Crippen molar-refractivity contribution in [2.75, 3.05) is 19.6 Å². The number of rotatable bonds is 2. The van der Waals surface area contributed by atoms with Gasteiger partial charge >= 0.3 is 0 Å². The van der Waals surface area contributed by atoms with Gasteiger partial charge in [0, 0.05) is 32.0 Å². The highest BCUT2D eigenvalue weighted by Gasteiger charge is 2.30. The van der Waals surface area contributed by atoms with Gasteiger partial charge in [-0.05, 0) is 30.7 Å². The molecular formula is C15H18ClN3O2. The standard InChI is InChI=1S/C15H17N3O2.ClH/c1-11-4-5-14(20-11)15(19)18-8-7-17-10-13(18)12-3-2-6-16-9-12;/h2-6,9,13,17H,7-8,10H2,1H3;1H. The Morgan fingerprint density at radius 3 is 2.95 bits per heavy atom. The van der Waals surface area contributed by atoms with Crippen LogP contribution in [0.3, 0.4) is 0 Å². The van der Waals surface area contributed by atoms with Gasteiger partial charge in [-0.25, -0.2) is 0 Å². The largest absolute Gasteiger partial charge is 0.456 e.